The molecule has 0 bridgehead atoms. The SMILES string of the molecule is N#CCc1ccc(NCc2occc2Br)cc1. The van der Waals surface area contributed by atoms with E-state index < -0.39 is 0 Å². The topological polar surface area (TPSA) is 49.0 Å². The van der Waals surface area contributed by atoms with Gasteiger partial charge >= 0.3 is 0 Å². The van der Waals surface area contributed by atoms with Crippen molar-refractivity contribution in [3.05, 3.63) is 52.4 Å². The molecule has 1 aromatic carbocycles. The summed E-state index contributed by atoms with van der Waals surface area (Å²) in [6, 6.07) is 11.8. The van der Waals surface area contributed by atoms with Crippen LogP contribution in [-0.4, -0.2) is 0 Å². The van der Waals surface area contributed by atoms with Crippen LogP contribution in [0.15, 0.2) is 45.5 Å². The van der Waals surface area contributed by atoms with Gasteiger partial charge in [0.1, 0.15) is 5.76 Å². The predicted molar refractivity (Wildman–Crippen MR) is 69.5 cm³/mol. The molecule has 0 aliphatic carbocycles. The Balaban J connectivity index is 1.96. The van der Waals surface area contributed by atoms with Crippen LogP contribution in [-0.2, 0) is 13.0 Å². The minimum Gasteiger partial charge on any atom is -0.466 e. The van der Waals surface area contributed by atoms with Gasteiger partial charge in [0, 0.05) is 5.69 Å². The number of furan rings is 1. The van der Waals surface area contributed by atoms with E-state index in [1.165, 1.54) is 0 Å². The smallest absolute Gasteiger partial charge is 0.136 e. The molecule has 0 saturated heterocycles. The van der Waals surface area contributed by atoms with Gasteiger partial charge < -0.3 is 9.73 Å². The molecule has 2 rings (SSSR count). The van der Waals surface area contributed by atoms with E-state index in [0.29, 0.717) is 13.0 Å². The maximum atomic E-state index is 8.56. The summed E-state index contributed by atoms with van der Waals surface area (Å²) < 4.78 is 6.26. The Bertz CT molecular complexity index is 525. The normalized spacial score (nSPS) is 9.88. The van der Waals surface area contributed by atoms with Gasteiger partial charge in [-0.05, 0) is 39.7 Å². The maximum Gasteiger partial charge on any atom is 0.136 e. The second-order valence-corrected chi connectivity index (χ2v) is 4.43. The summed E-state index contributed by atoms with van der Waals surface area (Å²) in [5.74, 6) is 0.867. The Morgan fingerprint density at radius 3 is 2.59 bits per heavy atom. The number of benzene rings is 1. The third-order valence-corrected chi connectivity index (χ3v) is 3.09. The van der Waals surface area contributed by atoms with Crippen LogP contribution in [0.2, 0.25) is 0 Å². The number of anilines is 1. The molecular weight excluding hydrogens is 280 g/mol. The molecule has 1 heterocycles. The lowest BCUT2D eigenvalue weighted by Crippen LogP contribution is -1.98. The number of halogens is 1. The average molecular weight is 291 g/mol. The van der Waals surface area contributed by atoms with Crippen LogP contribution in [0, 0.1) is 11.3 Å². The van der Waals surface area contributed by atoms with E-state index >= 15 is 0 Å². The number of nitrogens with zero attached hydrogens (tertiary/aromatic N) is 1. The van der Waals surface area contributed by atoms with Gasteiger partial charge in [0.15, 0.2) is 0 Å². The molecule has 86 valence electrons. The Hall–Kier alpha value is -1.73. The first-order valence-electron chi connectivity index (χ1n) is 5.21. The highest BCUT2D eigenvalue weighted by molar-refractivity contribution is 9.10. The van der Waals surface area contributed by atoms with E-state index in [2.05, 4.69) is 27.3 Å². The molecule has 0 atom stereocenters. The van der Waals surface area contributed by atoms with Crippen LogP contribution >= 0.6 is 15.9 Å². The van der Waals surface area contributed by atoms with Crippen molar-refractivity contribution >= 4 is 21.6 Å². The van der Waals surface area contributed by atoms with Gasteiger partial charge in [0.25, 0.3) is 0 Å². The Morgan fingerprint density at radius 1 is 1.24 bits per heavy atom. The van der Waals surface area contributed by atoms with Gasteiger partial charge in [-0.3, -0.25) is 0 Å². The minimum absolute atomic E-state index is 0.448. The first kappa shape index (κ1) is 11.7. The van der Waals surface area contributed by atoms with Gasteiger partial charge in [-0.15, -0.1) is 0 Å². The van der Waals surface area contributed by atoms with Crippen LogP contribution in [0.3, 0.4) is 0 Å². The summed E-state index contributed by atoms with van der Waals surface area (Å²) in [5, 5.41) is 11.8. The van der Waals surface area contributed by atoms with E-state index in [-0.39, 0.29) is 0 Å². The summed E-state index contributed by atoms with van der Waals surface area (Å²) in [6.45, 7) is 0.630. The maximum absolute atomic E-state index is 8.56. The van der Waals surface area contributed by atoms with E-state index in [1.54, 1.807) is 6.26 Å². The van der Waals surface area contributed by atoms with Gasteiger partial charge in [-0.25, -0.2) is 0 Å². The van der Waals surface area contributed by atoms with Crippen LogP contribution in [0.25, 0.3) is 0 Å². The molecule has 0 saturated carbocycles. The Morgan fingerprint density at radius 2 is 2.00 bits per heavy atom. The van der Waals surface area contributed by atoms with E-state index in [9.17, 15) is 0 Å². The van der Waals surface area contributed by atoms with Crippen molar-refractivity contribution < 1.29 is 4.42 Å². The molecule has 0 radical (unpaired) electrons. The van der Waals surface area contributed by atoms with Crippen LogP contribution in [0.1, 0.15) is 11.3 Å². The highest BCUT2D eigenvalue weighted by Gasteiger charge is 2.02. The second-order valence-electron chi connectivity index (χ2n) is 3.58. The van der Waals surface area contributed by atoms with Gasteiger partial charge in [0.05, 0.1) is 29.8 Å². The molecule has 0 amide bonds. The lowest BCUT2D eigenvalue weighted by Gasteiger charge is -2.05. The van der Waals surface area contributed by atoms with Crippen molar-refractivity contribution in [2.75, 3.05) is 5.32 Å². The number of nitriles is 1. The molecule has 0 aliphatic rings. The fraction of sp³-hybridized carbons (Fsp3) is 0.154. The van der Waals surface area contributed by atoms with Crippen molar-refractivity contribution in [2.24, 2.45) is 0 Å². The first-order chi connectivity index (χ1) is 8.29. The van der Waals surface area contributed by atoms with Crippen LogP contribution in [0.4, 0.5) is 5.69 Å². The fourth-order valence-corrected chi connectivity index (χ4v) is 1.81. The fourth-order valence-electron chi connectivity index (χ4n) is 1.47. The zero-order valence-electron chi connectivity index (χ0n) is 9.11. The van der Waals surface area contributed by atoms with E-state index in [1.807, 2.05) is 30.3 Å². The molecule has 0 spiro atoms. The molecule has 4 heteroatoms. The van der Waals surface area contributed by atoms with E-state index in [0.717, 1.165) is 21.5 Å². The third-order valence-electron chi connectivity index (χ3n) is 2.38. The standard InChI is InChI=1S/C13H11BrN2O/c14-12-6-8-17-13(12)9-16-11-3-1-10(2-4-11)5-7-15/h1-4,6,8,16H,5,9H2. The molecule has 0 fully saturated rings. The second kappa shape index (κ2) is 5.55. The van der Waals surface area contributed by atoms with E-state index in [4.69, 9.17) is 9.68 Å². The lowest BCUT2D eigenvalue weighted by molar-refractivity contribution is 0.516. The lowest BCUT2D eigenvalue weighted by atomic mass is 10.1. The molecule has 0 unspecified atom stereocenters. The summed E-state index contributed by atoms with van der Waals surface area (Å²) in [7, 11) is 0. The van der Waals surface area contributed by atoms with Crippen molar-refractivity contribution in [1.82, 2.24) is 0 Å². The number of nitrogens with one attached hydrogen (secondary N) is 1. The Labute approximate surface area is 108 Å². The molecule has 1 N–H and O–H groups in total. The van der Waals surface area contributed by atoms with Crippen LogP contribution < -0.4 is 5.32 Å². The summed E-state index contributed by atoms with van der Waals surface area (Å²) >= 11 is 3.40. The monoisotopic (exact) mass is 290 g/mol. The Kier molecular flexibility index (Phi) is 3.84. The van der Waals surface area contributed by atoms with Gasteiger partial charge in [-0.2, -0.15) is 5.26 Å². The average Bonchev–Trinajstić information content (AvgIpc) is 2.75. The quantitative estimate of drug-likeness (QED) is 0.934. The highest BCUT2D eigenvalue weighted by Crippen LogP contribution is 2.19. The zero-order valence-corrected chi connectivity index (χ0v) is 10.7. The number of hydrogen-bond acceptors (Lipinski definition) is 3. The highest BCUT2D eigenvalue weighted by atomic mass is 79.9. The van der Waals surface area contributed by atoms with Crippen molar-refractivity contribution in [3.8, 4) is 6.07 Å². The van der Waals surface area contributed by atoms with Gasteiger partial charge in [0.2, 0.25) is 0 Å². The van der Waals surface area contributed by atoms with Crippen LogP contribution in [0.5, 0.6) is 0 Å². The van der Waals surface area contributed by atoms with Crippen molar-refractivity contribution in [1.29, 1.82) is 5.26 Å². The van der Waals surface area contributed by atoms with Gasteiger partial charge in [-0.1, -0.05) is 12.1 Å². The summed E-state index contributed by atoms with van der Waals surface area (Å²) in [5.41, 5.74) is 2.03. The molecular formula is C13H11BrN2O. The largest absolute Gasteiger partial charge is 0.466 e. The molecule has 1 aromatic heterocycles. The summed E-state index contributed by atoms with van der Waals surface area (Å²) in [6.07, 6.45) is 2.10. The molecule has 3 nitrogen and oxygen atoms in total. The minimum atomic E-state index is 0.448. The van der Waals surface area contributed by atoms with Crippen molar-refractivity contribution in [2.45, 2.75) is 13.0 Å². The number of rotatable bonds is 4. The molecule has 0 aliphatic heterocycles. The zero-order chi connectivity index (χ0) is 12.1. The predicted octanol–water partition coefficient (Wildman–Crippen LogP) is 3.72. The first-order valence-corrected chi connectivity index (χ1v) is 6.00. The number of hydrogen-bond donors (Lipinski definition) is 1. The molecule has 17 heavy (non-hydrogen) atoms. The van der Waals surface area contributed by atoms with Crippen molar-refractivity contribution in [3.63, 3.8) is 0 Å². The molecule has 2 aromatic rings. The summed E-state index contributed by atoms with van der Waals surface area (Å²) in [4.78, 5) is 0. The third kappa shape index (κ3) is 3.11.